The summed E-state index contributed by atoms with van der Waals surface area (Å²) in [5.41, 5.74) is 2.77. The van der Waals surface area contributed by atoms with Crippen LogP contribution in [-0.2, 0) is 0 Å². The number of imidazole rings is 1. The largest absolute Gasteiger partial charge is 0.491 e. The highest BCUT2D eigenvalue weighted by Gasteiger charge is 2.05. The molecule has 0 aliphatic carbocycles. The first kappa shape index (κ1) is 13.1. The van der Waals surface area contributed by atoms with E-state index in [4.69, 9.17) is 4.74 Å². The fourth-order valence-electron chi connectivity index (χ4n) is 1.98. The van der Waals surface area contributed by atoms with Crippen molar-refractivity contribution in [1.82, 2.24) is 14.6 Å². The molecule has 0 aliphatic rings. The molecular formula is C15H14BrN3O. The van der Waals surface area contributed by atoms with Gasteiger partial charge in [-0.3, -0.25) is 0 Å². The first-order valence-corrected chi connectivity index (χ1v) is 7.20. The summed E-state index contributed by atoms with van der Waals surface area (Å²) in [6.45, 7) is 4.03. The molecular weight excluding hydrogens is 318 g/mol. The van der Waals surface area contributed by atoms with Crippen LogP contribution in [0.2, 0.25) is 0 Å². The molecule has 4 nitrogen and oxygen atoms in total. The normalized spacial score (nSPS) is 11.2. The van der Waals surface area contributed by atoms with Gasteiger partial charge in [0, 0.05) is 5.56 Å². The molecule has 1 aromatic carbocycles. The van der Waals surface area contributed by atoms with Crippen molar-refractivity contribution >= 4 is 21.6 Å². The average Bonchev–Trinajstić information content (AvgIpc) is 2.78. The van der Waals surface area contributed by atoms with Gasteiger partial charge in [0.25, 0.3) is 0 Å². The van der Waals surface area contributed by atoms with E-state index in [0.717, 1.165) is 27.3 Å². The molecule has 3 rings (SSSR count). The molecule has 0 amide bonds. The van der Waals surface area contributed by atoms with E-state index in [-0.39, 0.29) is 6.10 Å². The number of ether oxygens (including phenoxy) is 1. The van der Waals surface area contributed by atoms with Gasteiger partial charge in [-0.25, -0.2) is 9.50 Å². The summed E-state index contributed by atoms with van der Waals surface area (Å²) in [5.74, 6) is 0.871. The van der Waals surface area contributed by atoms with Crippen LogP contribution in [-0.4, -0.2) is 20.7 Å². The second-order valence-corrected chi connectivity index (χ2v) is 5.59. The lowest BCUT2D eigenvalue weighted by molar-refractivity contribution is 0.242. The Kier molecular flexibility index (Phi) is 3.44. The minimum absolute atomic E-state index is 0.179. The molecule has 0 N–H and O–H groups in total. The molecule has 0 unspecified atom stereocenters. The number of rotatable bonds is 3. The number of fused-ring (bicyclic) bond motifs is 1. The fraction of sp³-hybridized carbons (Fsp3) is 0.200. The van der Waals surface area contributed by atoms with Gasteiger partial charge in [-0.05, 0) is 66.2 Å². The zero-order chi connectivity index (χ0) is 14.1. The Balaban J connectivity index is 1.93. The highest BCUT2D eigenvalue weighted by atomic mass is 79.9. The van der Waals surface area contributed by atoms with Crippen molar-refractivity contribution < 1.29 is 4.74 Å². The van der Waals surface area contributed by atoms with Crippen molar-refractivity contribution in [3.8, 4) is 17.0 Å². The smallest absolute Gasteiger partial charge is 0.154 e. The van der Waals surface area contributed by atoms with Crippen molar-refractivity contribution in [1.29, 1.82) is 0 Å². The zero-order valence-corrected chi connectivity index (χ0v) is 12.8. The summed E-state index contributed by atoms with van der Waals surface area (Å²) in [6.07, 6.45) is 2.02. The van der Waals surface area contributed by atoms with Crippen LogP contribution in [0.1, 0.15) is 13.8 Å². The quantitative estimate of drug-likeness (QED) is 0.729. The van der Waals surface area contributed by atoms with E-state index in [0.29, 0.717) is 0 Å². The van der Waals surface area contributed by atoms with Crippen LogP contribution in [0, 0.1) is 0 Å². The Morgan fingerprint density at radius 3 is 2.55 bits per heavy atom. The van der Waals surface area contributed by atoms with Crippen molar-refractivity contribution in [3.05, 3.63) is 47.2 Å². The molecule has 0 aliphatic heterocycles. The molecule has 0 atom stereocenters. The van der Waals surface area contributed by atoms with E-state index in [9.17, 15) is 0 Å². The molecule has 20 heavy (non-hydrogen) atoms. The van der Waals surface area contributed by atoms with Crippen LogP contribution in [0.15, 0.2) is 47.2 Å². The molecule has 0 radical (unpaired) electrons. The maximum absolute atomic E-state index is 5.64. The number of aromatic nitrogens is 3. The Labute approximate surface area is 125 Å². The number of nitrogens with zero attached hydrogens (tertiary/aromatic N) is 3. The molecule has 0 saturated carbocycles. The monoisotopic (exact) mass is 331 g/mol. The van der Waals surface area contributed by atoms with E-state index in [1.165, 1.54) is 0 Å². The van der Waals surface area contributed by atoms with Gasteiger partial charge >= 0.3 is 0 Å². The summed E-state index contributed by atoms with van der Waals surface area (Å²) < 4.78 is 8.18. The third-order valence-corrected chi connectivity index (χ3v) is 3.19. The van der Waals surface area contributed by atoms with E-state index in [1.54, 1.807) is 4.52 Å². The molecule has 0 saturated heterocycles. The first-order chi connectivity index (χ1) is 9.61. The number of hydrogen-bond acceptors (Lipinski definition) is 3. The lowest BCUT2D eigenvalue weighted by Gasteiger charge is -2.09. The second kappa shape index (κ2) is 5.25. The van der Waals surface area contributed by atoms with Gasteiger partial charge in [0.2, 0.25) is 0 Å². The number of halogens is 1. The van der Waals surface area contributed by atoms with Gasteiger partial charge in [0.05, 0.1) is 18.0 Å². The number of hydrogen-bond donors (Lipinski definition) is 0. The molecule has 0 spiro atoms. The topological polar surface area (TPSA) is 39.4 Å². The van der Waals surface area contributed by atoms with Crippen molar-refractivity contribution in [2.24, 2.45) is 0 Å². The summed E-state index contributed by atoms with van der Waals surface area (Å²) in [7, 11) is 0. The Hall–Kier alpha value is -1.88. The van der Waals surface area contributed by atoms with Crippen molar-refractivity contribution in [3.63, 3.8) is 0 Å². The van der Waals surface area contributed by atoms with E-state index in [1.807, 2.05) is 56.4 Å². The predicted molar refractivity (Wildman–Crippen MR) is 81.9 cm³/mol. The minimum atomic E-state index is 0.179. The lowest BCUT2D eigenvalue weighted by Crippen LogP contribution is -2.05. The van der Waals surface area contributed by atoms with Crippen LogP contribution in [0.25, 0.3) is 16.9 Å². The van der Waals surface area contributed by atoms with Crippen LogP contribution in [0.4, 0.5) is 0 Å². The Morgan fingerprint density at radius 2 is 1.85 bits per heavy atom. The van der Waals surface area contributed by atoms with Gasteiger partial charge in [-0.1, -0.05) is 0 Å². The first-order valence-electron chi connectivity index (χ1n) is 6.41. The molecule has 5 heteroatoms. The third-order valence-electron chi connectivity index (χ3n) is 2.81. The van der Waals surface area contributed by atoms with Crippen LogP contribution in [0.3, 0.4) is 0 Å². The molecule has 102 valence electrons. The Bertz CT molecular complexity index is 734. The highest BCUT2D eigenvalue weighted by Crippen LogP contribution is 2.22. The van der Waals surface area contributed by atoms with Crippen LogP contribution in [0.5, 0.6) is 5.75 Å². The van der Waals surface area contributed by atoms with Gasteiger partial charge in [0.1, 0.15) is 10.4 Å². The van der Waals surface area contributed by atoms with Crippen LogP contribution < -0.4 is 4.74 Å². The second-order valence-electron chi connectivity index (χ2n) is 4.78. The van der Waals surface area contributed by atoms with E-state index < -0.39 is 0 Å². The molecule has 0 bridgehead atoms. The average molecular weight is 332 g/mol. The van der Waals surface area contributed by atoms with Gasteiger partial charge in [-0.2, -0.15) is 5.10 Å². The summed E-state index contributed by atoms with van der Waals surface area (Å²) in [6, 6.07) is 11.9. The summed E-state index contributed by atoms with van der Waals surface area (Å²) in [4.78, 5) is 4.29. The summed E-state index contributed by atoms with van der Waals surface area (Å²) >= 11 is 3.35. The van der Waals surface area contributed by atoms with Gasteiger partial charge in [0.15, 0.2) is 5.65 Å². The van der Waals surface area contributed by atoms with Gasteiger partial charge in [-0.15, -0.1) is 0 Å². The van der Waals surface area contributed by atoms with Crippen molar-refractivity contribution in [2.75, 3.05) is 0 Å². The Morgan fingerprint density at radius 1 is 1.10 bits per heavy atom. The minimum Gasteiger partial charge on any atom is -0.491 e. The molecule has 3 aromatic rings. The lowest BCUT2D eigenvalue weighted by atomic mass is 10.1. The van der Waals surface area contributed by atoms with E-state index in [2.05, 4.69) is 26.0 Å². The zero-order valence-electron chi connectivity index (χ0n) is 11.2. The molecule has 0 fully saturated rings. The molecule has 2 aromatic heterocycles. The number of benzene rings is 1. The van der Waals surface area contributed by atoms with Gasteiger partial charge < -0.3 is 4.74 Å². The standard InChI is InChI=1S/C15H14BrN3O/c1-10(2)20-12-5-3-11(4-6-12)13-7-8-15-17-14(16)9-19(15)18-13/h3-10H,1-2H3. The maximum atomic E-state index is 5.64. The van der Waals surface area contributed by atoms with E-state index >= 15 is 0 Å². The SMILES string of the molecule is CC(C)Oc1ccc(-c2ccc3nc(Br)cn3n2)cc1. The molecule has 2 heterocycles. The predicted octanol–water partition coefficient (Wildman–Crippen LogP) is 3.95. The highest BCUT2D eigenvalue weighted by molar-refractivity contribution is 9.10. The third kappa shape index (κ3) is 2.67. The maximum Gasteiger partial charge on any atom is 0.154 e. The fourth-order valence-corrected chi connectivity index (χ4v) is 2.36. The summed E-state index contributed by atoms with van der Waals surface area (Å²) in [5, 5.41) is 4.54. The van der Waals surface area contributed by atoms with Crippen LogP contribution >= 0.6 is 15.9 Å². The van der Waals surface area contributed by atoms with Crippen molar-refractivity contribution in [2.45, 2.75) is 20.0 Å².